The fourth-order valence-electron chi connectivity index (χ4n) is 2.08. The average Bonchev–Trinajstić information content (AvgIpc) is 2.49. The van der Waals surface area contributed by atoms with Gasteiger partial charge in [-0.3, -0.25) is 4.79 Å². The van der Waals surface area contributed by atoms with Gasteiger partial charge in [-0.25, -0.2) is 0 Å². The minimum atomic E-state index is -0.600. The second kappa shape index (κ2) is 7.06. The van der Waals surface area contributed by atoms with Crippen molar-refractivity contribution in [1.82, 2.24) is 4.90 Å². The zero-order chi connectivity index (χ0) is 14.5. The maximum Gasteiger partial charge on any atom is 0.263 e. The van der Waals surface area contributed by atoms with E-state index in [9.17, 15) is 9.90 Å². The lowest BCUT2D eigenvalue weighted by molar-refractivity contribution is -0.142. The van der Waals surface area contributed by atoms with E-state index < -0.39 is 6.10 Å². The molecule has 0 spiro atoms. The molecule has 6 heteroatoms. The number of para-hydroxylation sites is 1. The molecule has 5 nitrogen and oxygen atoms in total. The number of morpholine rings is 1. The molecule has 20 heavy (non-hydrogen) atoms. The van der Waals surface area contributed by atoms with Crippen LogP contribution in [0.5, 0.6) is 5.75 Å². The number of carbonyl (C=O) groups is 1. The van der Waals surface area contributed by atoms with Gasteiger partial charge in [-0.2, -0.15) is 0 Å². The average molecular weight is 344 g/mol. The number of nitrogens with zero attached hydrogens (tertiary/aromatic N) is 1. The predicted molar refractivity (Wildman–Crippen MR) is 77.6 cm³/mol. The number of amides is 1. The Kier molecular flexibility index (Phi) is 5.39. The second-order valence-corrected chi connectivity index (χ2v) is 5.44. The Labute approximate surface area is 126 Å². The molecular formula is C14H18BrNO4. The highest BCUT2D eigenvalue weighted by molar-refractivity contribution is 9.10. The molecule has 1 aromatic rings. The van der Waals surface area contributed by atoms with E-state index in [2.05, 4.69) is 15.9 Å². The van der Waals surface area contributed by atoms with Crippen LogP contribution in [0.2, 0.25) is 0 Å². The smallest absolute Gasteiger partial charge is 0.263 e. The monoisotopic (exact) mass is 343 g/mol. The van der Waals surface area contributed by atoms with E-state index in [1.807, 2.05) is 12.1 Å². The second-order valence-electron chi connectivity index (χ2n) is 4.58. The van der Waals surface area contributed by atoms with Crippen LogP contribution in [0, 0.1) is 0 Å². The van der Waals surface area contributed by atoms with Crippen LogP contribution in [0.15, 0.2) is 22.7 Å². The minimum absolute atomic E-state index is 0.0621. The molecule has 1 aliphatic heterocycles. The molecule has 0 saturated carbocycles. The molecule has 1 atom stereocenters. The summed E-state index contributed by atoms with van der Waals surface area (Å²) in [5.41, 5.74) is 0.654. The van der Waals surface area contributed by atoms with Crippen molar-refractivity contribution in [2.75, 3.05) is 26.3 Å². The van der Waals surface area contributed by atoms with Crippen molar-refractivity contribution < 1.29 is 19.4 Å². The lowest BCUT2D eigenvalue weighted by Gasteiger charge is -2.29. The molecule has 1 amide bonds. The van der Waals surface area contributed by atoms with Crippen molar-refractivity contribution in [2.45, 2.75) is 19.6 Å². The van der Waals surface area contributed by atoms with E-state index in [4.69, 9.17) is 9.47 Å². The van der Waals surface area contributed by atoms with Gasteiger partial charge in [-0.1, -0.05) is 12.1 Å². The molecule has 1 N–H and O–H groups in total. The zero-order valence-corrected chi connectivity index (χ0v) is 12.9. The van der Waals surface area contributed by atoms with Crippen molar-refractivity contribution in [3.63, 3.8) is 0 Å². The highest BCUT2D eigenvalue weighted by Gasteiger charge is 2.25. The Bertz CT molecular complexity index is 474. The van der Waals surface area contributed by atoms with E-state index in [-0.39, 0.29) is 12.5 Å². The molecular weight excluding hydrogens is 326 g/mol. The Balaban J connectivity index is 2.07. The van der Waals surface area contributed by atoms with Gasteiger partial charge in [0.2, 0.25) is 0 Å². The summed E-state index contributed by atoms with van der Waals surface area (Å²) < 4.78 is 11.7. The van der Waals surface area contributed by atoms with E-state index in [0.29, 0.717) is 37.6 Å². The molecule has 110 valence electrons. The van der Waals surface area contributed by atoms with Crippen LogP contribution < -0.4 is 4.74 Å². The summed E-state index contributed by atoms with van der Waals surface area (Å²) in [5, 5.41) is 9.33. The summed E-state index contributed by atoms with van der Waals surface area (Å²) >= 11 is 3.38. The van der Waals surface area contributed by atoms with Crippen LogP contribution in [0.1, 0.15) is 12.5 Å². The van der Waals surface area contributed by atoms with Gasteiger partial charge in [0, 0.05) is 18.7 Å². The van der Waals surface area contributed by atoms with E-state index in [1.165, 1.54) is 0 Å². The number of hydrogen-bond donors (Lipinski definition) is 1. The summed E-state index contributed by atoms with van der Waals surface area (Å²) in [4.78, 5) is 14.0. The first-order valence-electron chi connectivity index (χ1n) is 6.55. The normalized spacial score (nSPS) is 16.9. The molecule has 0 bridgehead atoms. The quantitative estimate of drug-likeness (QED) is 0.901. The number of aliphatic hydroxyl groups excluding tert-OH is 1. The van der Waals surface area contributed by atoms with Crippen LogP contribution in [0.3, 0.4) is 0 Å². The molecule has 0 aliphatic carbocycles. The van der Waals surface area contributed by atoms with E-state index >= 15 is 0 Å². The number of hydrogen-bond acceptors (Lipinski definition) is 4. The first kappa shape index (κ1) is 15.3. The van der Waals surface area contributed by atoms with Gasteiger partial charge in [-0.05, 0) is 28.9 Å². The van der Waals surface area contributed by atoms with Gasteiger partial charge in [0.05, 0.1) is 24.3 Å². The molecule has 1 unspecified atom stereocenters. The maximum atomic E-state index is 12.3. The van der Waals surface area contributed by atoms with E-state index in [1.54, 1.807) is 17.9 Å². The van der Waals surface area contributed by atoms with Crippen LogP contribution in [0.25, 0.3) is 0 Å². The van der Waals surface area contributed by atoms with Crippen LogP contribution in [0.4, 0.5) is 0 Å². The summed E-state index contributed by atoms with van der Waals surface area (Å²) in [7, 11) is 0. The highest BCUT2D eigenvalue weighted by atomic mass is 79.9. The fourth-order valence-corrected chi connectivity index (χ4v) is 2.58. The topological polar surface area (TPSA) is 59.0 Å². The van der Waals surface area contributed by atoms with Gasteiger partial charge < -0.3 is 19.5 Å². The number of benzene rings is 1. The Morgan fingerprint density at radius 3 is 2.85 bits per heavy atom. The van der Waals surface area contributed by atoms with Crippen molar-refractivity contribution in [1.29, 1.82) is 0 Å². The Morgan fingerprint density at radius 2 is 2.20 bits per heavy atom. The third-order valence-electron chi connectivity index (χ3n) is 3.18. The third-order valence-corrected chi connectivity index (χ3v) is 3.81. The number of ether oxygens (including phenoxy) is 2. The summed E-state index contributed by atoms with van der Waals surface area (Å²) in [6.45, 7) is 3.90. The van der Waals surface area contributed by atoms with Crippen molar-refractivity contribution >= 4 is 21.8 Å². The van der Waals surface area contributed by atoms with Crippen molar-refractivity contribution in [2.24, 2.45) is 0 Å². The van der Waals surface area contributed by atoms with Crippen LogP contribution >= 0.6 is 15.9 Å². The molecule has 1 aliphatic rings. The van der Waals surface area contributed by atoms with Gasteiger partial charge in [0.25, 0.3) is 5.91 Å². The first-order valence-corrected chi connectivity index (χ1v) is 7.34. The summed E-state index contributed by atoms with van der Waals surface area (Å²) in [5.74, 6) is 0.456. The predicted octanol–water partition coefficient (Wildman–Crippen LogP) is 1.57. The number of halogens is 1. The lowest BCUT2D eigenvalue weighted by Crippen LogP contribution is -2.46. The van der Waals surface area contributed by atoms with Gasteiger partial charge >= 0.3 is 0 Å². The number of carbonyl (C=O) groups excluding carboxylic acids is 1. The number of aliphatic hydroxyl groups is 1. The largest absolute Gasteiger partial charge is 0.479 e. The zero-order valence-electron chi connectivity index (χ0n) is 11.3. The van der Waals surface area contributed by atoms with Crippen LogP contribution in [-0.2, 0) is 16.1 Å². The highest BCUT2D eigenvalue weighted by Crippen LogP contribution is 2.30. The molecule has 1 saturated heterocycles. The Morgan fingerprint density at radius 1 is 1.50 bits per heavy atom. The first-order chi connectivity index (χ1) is 9.63. The molecule has 1 fully saturated rings. The molecule has 0 aromatic heterocycles. The summed E-state index contributed by atoms with van der Waals surface area (Å²) in [6, 6.07) is 5.41. The SMILES string of the molecule is CC(Oc1c(Br)cccc1CO)C(=O)N1CCOCC1. The van der Waals surface area contributed by atoms with Crippen molar-refractivity contribution in [3.05, 3.63) is 28.2 Å². The van der Waals surface area contributed by atoms with Crippen molar-refractivity contribution in [3.8, 4) is 5.75 Å². The lowest BCUT2D eigenvalue weighted by atomic mass is 10.2. The maximum absolute atomic E-state index is 12.3. The number of rotatable bonds is 4. The molecule has 2 rings (SSSR count). The van der Waals surface area contributed by atoms with Gasteiger partial charge in [0.1, 0.15) is 5.75 Å². The molecule has 0 radical (unpaired) electrons. The van der Waals surface area contributed by atoms with Gasteiger partial charge in [-0.15, -0.1) is 0 Å². The molecule has 1 heterocycles. The molecule has 1 aromatic carbocycles. The Hall–Kier alpha value is -1.11. The van der Waals surface area contributed by atoms with Gasteiger partial charge in [0.15, 0.2) is 6.10 Å². The van der Waals surface area contributed by atoms with E-state index in [0.717, 1.165) is 4.47 Å². The third kappa shape index (κ3) is 3.50. The van der Waals surface area contributed by atoms with Crippen LogP contribution in [-0.4, -0.2) is 48.3 Å². The fraction of sp³-hybridized carbons (Fsp3) is 0.500. The minimum Gasteiger partial charge on any atom is -0.479 e. The summed E-state index contributed by atoms with van der Waals surface area (Å²) in [6.07, 6.45) is -0.600. The standard InChI is InChI=1S/C14H18BrNO4/c1-10(14(18)16-5-7-19-8-6-16)20-13-11(9-17)3-2-4-12(13)15/h2-4,10,17H,5-9H2,1H3.